The fourth-order valence-corrected chi connectivity index (χ4v) is 2.42. The first-order valence-electron chi connectivity index (χ1n) is 6.20. The molecule has 0 aliphatic heterocycles. The molecule has 84 valence electrons. The molecule has 3 rings (SSSR count). The monoisotopic (exact) mass is 220 g/mol. The van der Waals surface area contributed by atoms with Crippen molar-refractivity contribution < 1.29 is 0 Å². The van der Waals surface area contributed by atoms with Crippen LogP contribution in [0.2, 0.25) is 0 Å². The van der Waals surface area contributed by atoms with Crippen LogP contribution in [-0.2, 0) is 0 Å². The molecule has 1 aliphatic rings. The molecule has 0 unspecified atom stereocenters. The van der Waals surface area contributed by atoms with E-state index < -0.39 is 0 Å². The molecule has 2 aromatic carbocycles. The van der Waals surface area contributed by atoms with Gasteiger partial charge >= 0.3 is 0 Å². The molecular formula is C17H16. The minimum absolute atomic E-state index is 1.17. The molecule has 1 aliphatic carbocycles. The summed E-state index contributed by atoms with van der Waals surface area (Å²) < 4.78 is 0. The van der Waals surface area contributed by atoms with Gasteiger partial charge in [0.25, 0.3) is 0 Å². The van der Waals surface area contributed by atoms with Gasteiger partial charge in [-0.1, -0.05) is 54.1 Å². The van der Waals surface area contributed by atoms with E-state index >= 15 is 0 Å². The third-order valence-electron chi connectivity index (χ3n) is 3.33. The number of hydrogen-bond acceptors (Lipinski definition) is 0. The molecule has 0 nitrogen and oxygen atoms in total. The average Bonchev–Trinajstić information content (AvgIpc) is 2.38. The number of benzene rings is 2. The van der Waals surface area contributed by atoms with E-state index in [0.29, 0.717) is 0 Å². The Balaban J connectivity index is 2.17. The van der Waals surface area contributed by atoms with Gasteiger partial charge in [-0.3, -0.25) is 0 Å². The van der Waals surface area contributed by atoms with Crippen LogP contribution in [0.4, 0.5) is 0 Å². The van der Waals surface area contributed by atoms with Gasteiger partial charge in [0.05, 0.1) is 0 Å². The second-order valence-corrected chi connectivity index (χ2v) is 4.70. The molecule has 0 amide bonds. The molecule has 0 atom stereocenters. The maximum absolute atomic E-state index is 2.34. The number of rotatable bonds is 1. The van der Waals surface area contributed by atoms with E-state index in [9.17, 15) is 0 Å². The summed E-state index contributed by atoms with van der Waals surface area (Å²) in [5, 5.41) is 2.77. The second kappa shape index (κ2) is 4.21. The van der Waals surface area contributed by atoms with Crippen LogP contribution in [-0.4, -0.2) is 0 Å². The lowest BCUT2D eigenvalue weighted by Crippen LogP contribution is -2.26. The van der Waals surface area contributed by atoms with Crippen LogP contribution in [0.3, 0.4) is 0 Å². The molecular weight excluding hydrogens is 204 g/mol. The first kappa shape index (κ1) is 10.3. The molecule has 0 bridgehead atoms. The van der Waals surface area contributed by atoms with Crippen molar-refractivity contribution >= 4 is 12.2 Å². The fraction of sp³-hybridized carbons (Fsp3) is 0.176. The average molecular weight is 220 g/mol. The first-order valence-corrected chi connectivity index (χ1v) is 6.20. The van der Waals surface area contributed by atoms with Crippen LogP contribution in [0.5, 0.6) is 0 Å². The summed E-state index contributed by atoms with van der Waals surface area (Å²) >= 11 is 0. The highest BCUT2D eigenvalue weighted by molar-refractivity contribution is 5.65. The van der Waals surface area contributed by atoms with Crippen LogP contribution in [0.25, 0.3) is 23.3 Å². The van der Waals surface area contributed by atoms with Gasteiger partial charge in [0.1, 0.15) is 0 Å². The summed E-state index contributed by atoms with van der Waals surface area (Å²) in [7, 11) is 0. The summed E-state index contributed by atoms with van der Waals surface area (Å²) in [6.07, 6.45) is 7.02. The van der Waals surface area contributed by atoms with E-state index in [2.05, 4.69) is 61.5 Å². The molecule has 0 fully saturated rings. The third kappa shape index (κ3) is 2.03. The van der Waals surface area contributed by atoms with Gasteiger partial charge in [-0.05, 0) is 47.4 Å². The summed E-state index contributed by atoms with van der Waals surface area (Å²) in [6.45, 7) is 2.14. The Bertz CT molecular complexity index is 663. The van der Waals surface area contributed by atoms with Crippen molar-refractivity contribution in [3.05, 3.63) is 58.5 Å². The van der Waals surface area contributed by atoms with Crippen molar-refractivity contribution in [2.75, 3.05) is 0 Å². The van der Waals surface area contributed by atoms with Crippen LogP contribution >= 0.6 is 0 Å². The molecule has 0 heteroatoms. The predicted molar refractivity (Wildman–Crippen MR) is 74.0 cm³/mol. The van der Waals surface area contributed by atoms with Crippen LogP contribution in [0.15, 0.2) is 42.5 Å². The molecule has 0 heterocycles. The predicted octanol–water partition coefficient (Wildman–Crippen LogP) is 3.02. The normalized spacial score (nSPS) is 13.5. The molecule has 0 saturated carbocycles. The minimum Gasteiger partial charge on any atom is -0.0764 e. The Morgan fingerprint density at radius 2 is 1.53 bits per heavy atom. The molecule has 0 saturated heterocycles. The zero-order chi connectivity index (χ0) is 11.7. The summed E-state index contributed by atoms with van der Waals surface area (Å²) in [4.78, 5) is 0. The van der Waals surface area contributed by atoms with E-state index in [4.69, 9.17) is 0 Å². The molecule has 2 aromatic rings. The quantitative estimate of drug-likeness (QED) is 0.693. The molecule has 0 radical (unpaired) electrons. The lowest BCUT2D eigenvalue weighted by molar-refractivity contribution is 1.12. The van der Waals surface area contributed by atoms with E-state index in [1.54, 1.807) is 0 Å². The van der Waals surface area contributed by atoms with E-state index in [0.717, 1.165) is 0 Å². The Hall–Kier alpha value is -1.82. The number of hydrogen-bond donors (Lipinski definition) is 0. The Morgan fingerprint density at radius 3 is 2.35 bits per heavy atom. The van der Waals surface area contributed by atoms with Crippen LogP contribution in [0, 0.1) is 6.92 Å². The lowest BCUT2D eigenvalue weighted by Gasteiger charge is -2.05. The van der Waals surface area contributed by atoms with Gasteiger partial charge in [0.15, 0.2) is 0 Å². The highest BCUT2D eigenvalue weighted by Crippen LogP contribution is 2.18. The van der Waals surface area contributed by atoms with Crippen molar-refractivity contribution in [1.82, 2.24) is 0 Å². The Labute approximate surface area is 102 Å². The van der Waals surface area contributed by atoms with E-state index in [1.807, 2.05) is 0 Å². The van der Waals surface area contributed by atoms with Crippen LogP contribution in [0.1, 0.15) is 18.4 Å². The maximum Gasteiger partial charge on any atom is -0.0178 e. The number of aryl methyl sites for hydroxylation is 1. The highest BCUT2D eigenvalue weighted by atomic mass is 14.0. The van der Waals surface area contributed by atoms with Crippen molar-refractivity contribution in [3.8, 4) is 11.1 Å². The van der Waals surface area contributed by atoms with Crippen molar-refractivity contribution in [2.45, 2.75) is 19.8 Å². The molecule has 0 aromatic heterocycles. The van der Waals surface area contributed by atoms with Gasteiger partial charge < -0.3 is 0 Å². The zero-order valence-electron chi connectivity index (χ0n) is 10.1. The lowest BCUT2D eigenvalue weighted by atomic mass is 10.00. The largest absolute Gasteiger partial charge is 0.0764 e. The van der Waals surface area contributed by atoms with Crippen molar-refractivity contribution in [1.29, 1.82) is 0 Å². The van der Waals surface area contributed by atoms with Gasteiger partial charge in [-0.15, -0.1) is 0 Å². The third-order valence-corrected chi connectivity index (χ3v) is 3.33. The van der Waals surface area contributed by atoms with Gasteiger partial charge in [0, 0.05) is 0 Å². The fourth-order valence-electron chi connectivity index (χ4n) is 2.42. The van der Waals surface area contributed by atoms with Gasteiger partial charge in [0.2, 0.25) is 0 Å². The Kier molecular flexibility index (Phi) is 2.56. The van der Waals surface area contributed by atoms with Gasteiger partial charge in [-0.2, -0.15) is 0 Å². The highest BCUT2D eigenvalue weighted by Gasteiger charge is 1.99. The standard InChI is InChI=1S/C17H16/c1-13-5-4-8-15(11-13)17-10-9-14-6-2-3-7-16(14)12-17/h4-12H,2-3H2,1H3. The molecule has 17 heavy (non-hydrogen) atoms. The molecule has 0 spiro atoms. The number of fused-ring (bicyclic) bond motifs is 1. The minimum atomic E-state index is 1.17. The first-order chi connectivity index (χ1) is 8.33. The molecule has 0 N–H and O–H groups in total. The summed E-state index contributed by atoms with van der Waals surface area (Å²) in [5.74, 6) is 0. The zero-order valence-corrected chi connectivity index (χ0v) is 10.1. The van der Waals surface area contributed by atoms with E-state index in [-0.39, 0.29) is 0 Å². The van der Waals surface area contributed by atoms with Crippen molar-refractivity contribution in [3.63, 3.8) is 0 Å². The van der Waals surface area contributed by atoms with E-state index in [1.165, 1.54) is 40.0 Å². The van der Waals surface area contributed by atoms with Crippen LogP contribution < -0.4 is 10.4 Å². The Morgan fingerprint density at radius 1 is 0.765 bits per heavy atom. The summed E-state index contributed by atoms with van der Waals surface area (Å²) in [5.41, 5.74) is 3.95. The second-order valence-electron chi connectivity index (χ2n) is 4.70. The summed E-state index contributed by atoms with van der Waals surface area (Å²) in [6, 6.07) is 15.5. The SMILES string of the molecule is Cc1cccc(-c2ccc3c(c2)=CCCC=3)c1. The smallest absolute Gasteiger partial charge is 0.0178 e. The van der Waals surface area contributed by atoms with Gasteiger partial charge in [-0.25, -0.2) is 0 Å². The maximum atomic E-state index is 2.34. The topological polar surface area (TPSA) is 0 Å². The van der Waals surface area contributed by atoms with Crippen molar-refractivity contribution in [2.24, 2.45) is 0 Å².